The van der Waals surface area contributed by atoms with Crippen molar-refractivity contribution in [3.05, 3.63) is 82.4 Å². The number of hydrogen-bond acceptors (Lipinski definition) is 7. The summed E-state index contributed by atoms with van der Waals surface area (Å²) in [7, 11) is 4.62. The van der Waals surface area contributed by atoms with Crippen molar-refractivity contribution in [3.8, 4) is 17.2 Å². The summed E-state index contributed by atoms with van der Waals surface area (Å²) in [6.07, 6.45) is 2.63. The molecule has 2 aromatic heterocycles. The Morgan fingerprint density at radius 1 is 0.853 bits per heavy atom. The largest absolute Gasteiger partial charge is 0.494 e. The molecule has 0 spiro atoms. The zero-order valence-corrected chi connectivity index (χ0v) is 19.7. The second kappa shape index (κ2) is 9.87. The molecule has 34 heavy (non-hydrogen) atoms. The number of aromatic nitrogens is 2. The van der Waals surface area contributed by atoms with Crippen LogP contribution >= 0.6 is 0 Å². The number of rotatable bonds is 9. The third-order valence-electron chi connectivity index (χ3n) is 5.90. The van der Waals surface area contributed by atoms with Crippen molar-refractivity contribution in [2.75, 3.05) is 21.3 Å². The van der Waals surface area contributed by atoms with E-state index in [0.717, 1.165) is 28.8 Å². The standard InChI is InChI=1S/C27H26N2O5/c1-16-14-18-6-5-13-28-26(18)25(16)27-23(33-3)12-8-19(29-27)21(31)10-9-20(30)17-7-11-22(32-2)24(15-17)34-4/h5-8,11-13,15H,9-10,14H2,1-4H3. The van der Waals surface area contributed by atoms with Gasteiger partial charge in [-0.3, -0.25) is 14.6 Å². The van der Waals surface area contributed by atoms with Crippen LogP contribution in [0.1, 0.15) is 57.6 Å². The van der Waals surface area contributed by atoms with Gasteiger partial charge in [0.1, 0.15) is 17.1 Å². The summed E-state index contributed by atoms with van der Waals surface area (Å²) in [6, 6.07) is 12.3. The number of ketones is 2. The summed E-state index contributed by atoms with van der Waals surface area (Å²) in [5.41, 5.74) is 5.34. The third-order valence-corrected chi connectivity index (χ3v) is 5.90. The molecule has 0 unspecified atom stereocenters. The summed E-state index contributed by atoms with van der Waals surface area (Å²) in [6.45, 7) is 2.04. The molecular weight excluding hydrogens is 432 g/mol. The summed E-state index contributed by atoms with van der Waals surface area (Å²) in [4.78, 5) is 34.9. The normalized spacial score (nSPS) is 12.4. The van der Waals surface area contributed by atoms with Gasteiger partial charge in [-0.25, -0.2) is 4.98 Å². The maximum Gasteiger partial charge on any atom is 0.181 e. The molecule has 7 nitrogen and oxygen atoms in total. The van der Waals surface area contributed by atoms with E-state index in [0.29, 0.717) is 34.2 Å². The average molecular weight is 459 g/mol. The minimum atomic E-state index is -0.213. The van der Waals surface area contributed by atoms with E-state index in [1.165, 1.54) is 14.2 Å². The van der Waals surface area contributed by atoms with Gasteiger partial charge in [-0.05, 0) is 55.3 Å². The van der Waals surface area contributed by atoms with Crippen molar-refractivity contribution in [2.45, 2.75) is 26.2 Å². The summed E-state index contributed by atoms with van der Waals surface area (Å²) in [5.74, 6) is 1.21. The fourth-order valence-corrected chi connectivity index (χ4v) is 4.15. The van der Waals surface area contributed by atoms with E-state index in [1.54, 1.807) is 43.6 Å². The first-order chi connectivity index (χ1) is 16.5. The summed E-state index contributed by atoms with van der Waals surface area (Å²) < 4.78 is 16.0. The number of ether oxygens (including phenoxy) is 3. The fourth-order valence-electron chi connectivity index (χ4n) is 4.15. The van der Waals surface area contributed by atoms with Crippen molar-refractivity contribution >= 4 is 17.1 Å². The number of nitrogens with zero attached hydrogens (tertiary/aromatic N) is 2. The number of Topliss-reactive ketones (excluding diaryl/α,β-unsaturated/α-hetero) is 2. The van der Waals surface area contributed by atoms with Gasteiger partial charge in [-0.2, -0.15) is 0 Å². The van der Waals surface area contributed by atoms with Crippen LogP contribution in [0, 0.1) is 0 Å². The minimum Gasteiger partial charge on any atom is -0.494 e. The number of fused-ring (bicyclic) bond motifs is 1. The lowest BCUT2D eigenvalue weighted by molar-refractivity contribution is 0.0914. The molecule has 1 aliphatic carbocycles. The zero-order chi connectivity index (χ0) is 24.2. The highest BCUT2D eigenvalue weighted by molar-refractivity contribution is 6.02. The predicted molar refractivity (Wildman–Crippen MR) is 128 cm³/mol. The molecule has 0 radical (unpaired) electrons. The van der Waals surface area contributed by atoms with Crippen LogP contribution in [0.25, 0.3) is 5.57 Å². The molecule has 0 saturated heterocycles. The van der Waals surface area contributed by atoms with Crippen molar-refractivity contribution in [3.63, 3.8) is 0 Å². The lowest BCUT2D eigenvalue weighted by Crippen LogP contribution is -2.09. The van der Waals surface area contributed by atoms with Gasteiger partial charge in [0.05, 0.1) is 27.0 Å². The molecule has 0 amide bonds. The van der Waals surface area contributed by atoms with Crippen LogP contribution < -0.4 is 14.2 Å². The first-order valence-corrected chi connectivity index (χ1v) is 10.9. The SMILES string of the molecule is COc1ccc(C(=O)CCC(=O)c2ccc(OC)c(C3=C(C)Cc4cccnc43)n2)cc1OC. The first-order valence-electron chi connectivity index (χ1n) is 10.9. The predicted octanol–water partition coefficient (Wildman–Crippen LogP) is 4.73. The Morgan fingerprint density at radius 3 is 2.29 bits per heavy atom. The van der Waals surface area contributed by atoms with Crippen molar-refractivity contribution in [2.24, 2.45) is 0 Å². The first kappa shape index (κ1) is 23.2. The molecule has 0 saturated carbocycles. The maximum atomic E-state index is 13.0. The summed E-state index contributed by atoms with van der Waals surface area (Å²) in [5, 5.41) is 0. The van der Waals surface area contributed by atoms with Gasteiger partial charge in [0.2, 0.25) is 0 Å². The van der Waals surface area contributed by atoms with E-state index >= 15 is 0 Å². The number of allylic oxidation sites excluding steroid dienone is 1. The fraction of sp³-hybridized carbons (Fsp3) is 0.259. The Bertz CT molecular complexity index is 1300. The van der Waals surface area contributed by atoms with Crippen LogP contribution in [-0.4, -0.2) is 42.9 Å². The smallest absolute Gasteiger partial charge is 0.181 e. The van der Waals surface area contributed by atoms with E-state index < -0.39 is 0 Å². The van der Waals surface area contributed by atoms with Crippen molar-refractivity contribution in [1.82, 2.24) is 9.97 Å². The highest BCUT2D eigenvalue weighted by atomic mass is 16.5. The second-order valence-electron chi connectivity index (χ2n) is 8.01. The van der Waals surface area contributed by atoms with E-state index in [9.17, 15) is 9.59 Å². The van der Waals surface area contributed by atoms with Crippen LogP contribution in [0.4, 0.5) is 0 Å². The topological polar surface area (TPSA) is 87.6 Å². The molecule has 4 rings (SSSR count). The molecule has 1 aliphatic rings. The molecule has 0 aliphatic heterocycles. The molecule has 0 bridgehead atoms. The Labute approximate surface area is 198 Å². The number of pyridine rings is 2. The molecule has 174 valence electrons. The van der Waals surface area contributed by atoms with Gasteiger partial charge in [0.25, 0.3) is 0 Å². The van der Waals surface area contributed by atoms with Crippen molar-refractivity contribution < 1.29 is 23.8 Å². The number of methoxy groups -OCH3 is 3. The summed E-state index contributed by atoms with van der Waals surface area (Å²) >= 11 is 0. The lowest BCUT2D eigenvalue weighted by Gasteiger charge is -2.12. The number of benzene rings is 1. The Morgan fingerprint density at radius 2 is 1.56 bits per heavy atom. The van der Waals surface area contributed by atoms with Gasteiger partial charge in [-0.15, -0.1) is 0 Å². The van der Waals surface area contributed by atoms with Crippen LogP contribution in [0.5, 0.6) is 17.2 Å². The number of hydrogen-bond donors (Lipinski definition) is 0. The van der Waals surface area contributed by atoms with Gasteiger partial charge in [-0.1, -0.05) is 11.6 Å². The Balaban J connectivity index is 1.55. The number of carbonyl (C=O) groups excluding carboxylic acids is 2. The molecular formula is C27H26N2O5. The highest BCUT2D eigenvalue weighted by Crippen LogP contribution is 2.38. The molecule has 2 heterocycles. The third kappa shape index (κ3) is 4.41. The van der Waals surface area contributed by atoms with Gasteiger partial charge >= 0.3 is 0 Å². The van der Waals surface area contributed by atoms with Gasteiger partial charge in [0.15, 0.2) is 23.1 Å². The van der Waals surface area contributed by atoms with E-state index in [2.05, 4.69) is 9.97 Å². The minimum absolute atomic E-state index is 0.0405. The molecule has 0 fully saturated rings. The lowest BCUT2D eigenvalue weighted by atomic mass is 10.0. The van der Waals surface area contributed by atoms with Crippen LogP contribution in [0.15, 0.2) is 54.2 Å². The maximum absolute atomic E-state index is 13.0. The van der Waals surface area contributed by atoms with Crippen molar-refractivity contribution in [1.29, 1.82) is 0 Å². The Kier molecular flexibility index (Phi) is 6.72. The van der Waals surface area contributed by atoms with Gasteiger partial charge < -0.3 is 14.2 Å². The quantitative estimate of drug-likeness (QED) is 0.429. The van der Waals surface area contributed by atoms with Crippen LogP contribution in [-0.2, 0) is 6.42 Å². The molecule has 0 atom stereocenters. The van der Waals surface area contributed by atoms with Crippen LogP contribution in [0.3, 0.4) is 0 Å². The average Bonchev–Trinajstić information content (AvgIpc) is 3.21. The number of carbonyl (C=O) groups is 2. The second-order valence-corrected chi connectivity index (χ2v) is 8.01. The highest BCUT2D eigenvalue weighted by Gasteiger charge is 2.26. The van der Waals surface area contributed by atoms with Crippen LogP contribution in [0.2, 0.25) is 0 Å². The zero-order valence-electron chi connectivity index (χ0n) is 19.7. The molecule has 7 heteroatoms. The molecule has 1 aromatic carbocycles. The van der Waals surface area contributed by atoms with E-state index in [4.69, 9.17) is 14.2 Å². The monoisotopic (exact) mass is 458 g/mol. The van der Waals surface area contributed by atoms with E-state index in [-0.39, 0.29) is 24.4 Å². The molecule has 3 aromatic rings. The van der Waals surface area contributed by atoms with E-state index in [1.807, 2.05) is 19.1 Å². The van der Waals surface area contributed by atoms with Gasteiger partial charge in [0, 0.05) is 30.2 Å². The molecule has 0 N–H and O–H groups in total. The Hall–Kier alpha value is -4.00.